The Morgan fingerprint density at radius 1 is 0.538 bits per heavy atom. The van der Waals surface area contributed by atoms with Gasteiger partial charge in [-0.3, -0.25) is 14.6 Å². The number of fused-ring (bicyclic) bond motifs is 6. The van der Waals surface area contributed by atoms with Gasteiger partial charge in [0, 0.05) is 48.2 Å². The van der Waals surface area contributed by atoms with Crippen molar-refractivity contribution in [3.05, 3.63) is 24.3 Å². The van der Waals surface area contributed by atoms with Crippen molar-refractivity contribution in [2.24, 2.45) is 47.3 Å². The maximum absolute atomic E-state index is 12.6. The van der Waals surface area contributed by atoms with Crippen molar-refractivity contribution in [1.82, 2.24) is 9.80 Å². The molecule has 0 aromatic rings. The van der Waals surface area contributed by atoms with E-state index in [4.69, 9.17) is 4.74 Å². The number of carbonyl (C=O) groups excluding carboxylic acids is 2. The van der Waals surface area contributed by atoms with Crippen molar-refractivity contribution in [2.45, 2.75) is 204 Å². The second-order valence-corrected chi connectivity index (χ2v) is 20.0. The zero-order valence-corrected chi connectivity index (χ0v) is 33.3. The predicted molar refractivity (Wildman–Crippen MR) is 211 cm³/mol. The molecule has 52 heavy (non-hydrogen) atoms. The Morgan fingerprint density at radius 2 is 1.00 bits per heavy atom. The first-order valence-corrected chi connectivity index (χ1v) is 22.8. The molecule has 6 aliphatic carbocycles. The maximum Gasteiger partial charge on any atom is 0.333 e. The van der Waals surface area contributed by atoms with Crippen molar-refractivity contribution in [3.63, 3.8) is 0 Å². The average Bonchev–Trinajstić information content (AvgIpc) is 3.67. The minimum atomic E-state index is -0.220. The Bertz CT molecular complexity index is 1290. The first kappa shape index (κ1) is 37.5. The van der Waals surface area contributed by atoms with E-state index in [1.807, 2.05) is 6.92 Å². The molecule has 10 atom stereocenters. The normalized spacial score (nSPS) is 43.8. The molecule has 10 unspecified atom stereocenters. The third kappa shape index (κ3) is 7.55. The fraction of sp³-hybridized carbons (Fsp3) is 0.872. The Kier molecular flexibility index (Phi) is 11.8. The Morgan fingerprint density at radius 3 is 1.50 bits per heavy atom. The summed E-state index contributed by atoms with van der Waals surface area (Å²) < 4.78 is 5.53. The number of carbonyl (C=O) groups is 2. The molecule has 0 aromatic carbocycles. The summed E-state index contributed by atoms with van der Waals surface area (Å²) in [6.45, 7) is 11.9. The van der Waals surface area contributed by atoms with Crippen LogP contribution in [0.15, 0.2) is 24.3 Å². The molecule has 0 amide bonds. The topological polar surface area (TPSA) is 49.9 Å². The molecule has 2 aliphatic heterocycles. The largest absolute Gasteiger partial charge is 0.462 e. The van der Waals surface area contributed by atoms with Crippen LogP contribution in [0.2, 0.25) is 0 Å². The van der Waals surface area contributed by atoms with Crippen molar-refractivity contribution < 1.29 is 14.3 Å². The van der Waals surface area contributed by atoms with E-state index >= 15 is 0 Å². The van der Waals surface area contributed by atoms with E-state index in [0.29, 0.717) is 23.9 Å². The van der Waals surface area contributed by atoms with Crippen LogP contribution in [-0.2, 0) is 14.3 Å². The fourth-order valence-corrected chi connectivity index (χ4v) is 14.9. The SMILES string of the molecule is C=C(C)C(=O)CC1CCC2C(C1)C1CCCCC1N2C1CCC(C2CCC(N3C4CCCCC4C4CC(CCOC(=O)C(=C)C)CCC43)CC2)CC1. The Labute approximate surface area is 317 Å². The number of nitrogens with zero attached hydrogens (tertiary/aromatic N) is 2. The number of allylic oxidation sites excluding steroid dienone is 1. The summed E-state index contributed by atoms with van der Waals surface area (Å²) in [5.41, 5.74) is 1.28. The van der Waals surface area contributed by atoms with E-state index in [9.17, 15) is 9.59 Å². The molecule has 2 saturated heterocycles. The summed E-state index contributed by atoms with van der Waals surface area (Å²) in [6.07, 6.45) is 32.9. The van der Waals surface area contributed by atoms with Crippen LogP contribution in [0.5, 0.6) is 0 Å². The molecular formula is C47H74N2O3. The van der Waals surface area contributed by atoms with E-state index in [1.165, 1.54) is 141 Å². The summed E-state index contributed by atoms with van der Waals surface area (Å²) >= 11 is 0. The van der Waals surface area contributed by atoms with Crippen LogP contribution in [0.1, 0.15) is 168 Å². The summed E-state index contributed by atoms with van der Waals surface area (Å²) in [5.74, 6) is 6.85. The second-order valence-electron chi connectivity index (χ2n) is 20.0. The monoisotopic (exact) mass is 715 g/mol. The minimum Gasteiger partial charge on any atom is -0.462 e. The standard InChI is InChI=1S/C47H74N2O3/c1-30(2)46(50)29-33-14-24-45-41(28-33)39-10-6-8-12-43(39)49(45)37-21-17-35(18-22-37)34-15-19-36(20-16-34)48-42-11-7-5-9-38(42)40-27-32(13-23-44(40)48)25-26-52-47(51)31(3)4/h32-45H,1,3,5-29H2,2,4H3. The zero-order valence-electron chi connectivity index (χ0n) is 33.3. The van der Waals surface area contributed by atoms with Gasteiger partial charge in [-0.25, -0.2) is 4.79 Å². The molecule has 0 radical (unpaired) electrons. The lowest BCUT2D eigenvalue weighted by Crippen LogP contribution is -2.50. The molecule has 2 heterocycles. The van der Waals surface area contributed by atoms with Crippen LogP contribution in [0.4, 0.5) is 0 Å². The number of hydrogen-bond acceptors (Lipinski definition) is 5. The third-order valence-electron chi connectivity index (χ3n) is 17.2. The molecular weight excluding hydrogens is 641 g/mol. The van der Waals surface area contributed by atoms with Gasteiger partial charge in [-0.1, -0.05) is 38.8 Å². The van der Waals surface area contributed by atoms with Crippen LogP contribution in [0, 0.1) is 47.3 Å². The van der Waals surface area contributed by atoms with Gasteiger partial charge in [0.15, 0.2) is 5.78 Å². The third-order valence-corrected chi connectivity index (χ3v) is 17.2. The molecule has 6 saturated carbocycles. The molecule has 8 rings (SSSR count). The summed E-state index contributed by atoms with van der Waals surface area (Å²) in [6, 6.07) is 4.93. The highest BCUT2D eigenvalue weighted by Crippen LogP contribution is 2.55. The molecule has 0 bridgehead atoms. The van der Waals surface area contributed by atoms with Crippen molar-refractivity contribution in [3.8, 4) is 0 Å². The zero-order chi connectivity index (χ0) is 35.9. The highest BCUT2D eigenvalue weighted by Gasteiger charge is 2.55. The van der Waals surface area contributed by atoms with Crippen molar-refractivity contribution in [2.75, 3.05) is 6.61 Å². The van der Waals surface area contributed by atoms with Crippen LogP contribution in [-0.4, -0.2) is 64.4 Å². The lowest BCUT2D eigenvalue weighted by Gasteiger charge is -2.47. The average molecular weight is 715 g/mol. The molecule has 5 nitrogen and oxygen atoms in total. The smallest absolute Gasteiger partial charge is 0.333 e. The Hall–Kier alpha value is -1.46. The molecule has 0 spiro atoms. The molecule has 0 N–H and O–H groups in total. The molecule has 290 valence electrons. The molecule has 8 aliphatic rings. The number of ether oxygens (including phenoxy) is 1. The van der Waals surface area contributed by atoms with Crippen LogP contribution in [0.25, 0.3) is 0 Å². The summed E-state index contributed by atoms with van der Waals surface area (Å²) in [4.78, 5) is 30.9. The van der Waals surface area contributed by atoms with Gasteiger partial charge in [0.25, 0.3) is 0 Å². The number of esters is 1. The predicted octanol–water partition coefficient (Wildman–Crippen LogP) is 10.5. The molecule has 5 heteroatoms. The van der Waals surface area contributed by atoms with Gasteiger partial charge < -0.3 is 4.74 Å². The Balaban J connectivity index is 0.837. The van der Waals surface area contributed by atoms with E-state index in [-0.39, 0.29) is 5.97 Å². The highest BCUT2D eigenvalue weighted by atomic mass is 16.5. The summed E-state index contributed by atoms with van der Waals surface area (Å²) in [5, 5.41) is 0. The number of Topliss-reactive ketones (excluding diaryl/α,β-unsaturated/α-hetero) is 1. The van der Waals surface area contributed by atoms with Gasteiger partial charge in [0.2, 0.25) is 0 Å². The van der Waals surface area contributed by atoms with E-state index in [0.717, 1.165) is 96.1 Å². The van der Waals surface area contributed by atoms with Crippen molar-refractivity contribution >= 4 is 11.8 Å². The summed E-state index contributed by atoms with van der Waals surface area (Å²) in [7, 11) is 0. The van der Waals surface area contributed by atoms with E-state index in [2.05, 4.69) is 23.0 Å². The second kappa shape index (κ2) is 16.3. The lowest BCUT2D eigenvalue weighted by atomic mass is 9.69. The minimum absolute atomic E-state index is 0.220. The molecule has 8 fully saturated rings. The van der Waals surface area contributed by atoms with Gasteiger partial charge >= 0.3 is 5.97 Å². The van der Waals surface area contributed by atoms with Gasteiger partial charge in [-0.2, -0.15) is 0 Å². The number of ketones is 1. The highest BCUT2D eigenvalue weighted by molar-refractivity contribution is 5.94. The first-order valence-electron chi connectivity index (χ1n) is 22.8. The number of rotatable bonds is 10. The van der Waals surface area contributed by atoms with Gasteiger partial charge in [0.05, 0.1) is 6.61 Å². The van der Waals surface area contributed by atoms with Crippen LogP contribution >= 0.6 is 0 Å². The number of hydrogen-bond donors (Lipinski definition) is 0. The first-order chi connectivity index (χ1) is 25.3. The lowest BCUT2D eigenvalue weighted by molar-refractivity contribution is -0.139. The van der Waals surface area contributed by atoms with Gasteiger partial charge in [-0.15, -0.1) is 0 Å². The van der Waals surface area contributed by atoms with E-state index < -0.39 is 0 Å². The van der Waals surface area contributed by atoms with Gasteiger partial charge in [-0.05, 0) is 189 Å². The van der Waals surface area contributed by atoms with Crippen LogP contribution < -0.4 is 0 Å². The number of likely N-dealkylation sites (tertiary alicyclic amines) is 2. The van der Waals surface area contributed by atoms with Crippen LogP contribution in [0.3, 0.4) is 0 Å². The molecule has 0 aromatic heterocycles. The fourth-order valence-electron chi connectivity index (χ4n) is 14.9. The van der Waals surface area contributed by atoms with E-state index in [1.54, 1.807) is 6.92 Å². The van der Waals surface area contributed by atoms with Gasteiger partial charge in [0.1, 0.15) is 0 Å². The maximum atomic E-state index is 12.6. The quantitative estimate of drug-likeness (QED) is 0.167. The van der Waals surface area contributed by atoms with Crippen molar-refractivity contribution in [1.29, 1.82) is 0 Å².